The second-order valence-corrected chi connectivity index (χ2v) is 5.90. The molecule has 3 aromatic rings. The summed E-state index contributed by atoms with van der Waals surface area (Å²) in [5, 5.41) is 3.91. The zero-order valence-electron chi connectivity index (χ0n) is 14.4. The van der Waals surface area contributed by atoms with Crippen LogP contribution in [0.4, 0.5) is 0 Å². The van der Waals surface area contributed by atoms with Crippen molar-refractivity contribution in [3.05, 3.63) is 59.7 Å². The van der Waals surface area contributed by atoms with Crippen LogP contribution in [0.3, 0.4) is 0 Å². The van der Waals surface area contributed by atoms with Gasteiger partial charge in [-0.15, -0.1) is 0 Å². The zero-order chi connectivity index (χ0) is 17.6. The Bertz CT molecular complexity index is 807. The fraction of sp³-hybridized carbons (Fsp3) is 0.316. The summed E-state index contributed by atoms with van der Waals surface area (Å²) in [5.74, 6) is 1.50. The van der Waals surface area contributed by atoms with Gasteiger partial charge in [-0.2, -0.15) is 4.98 Å². The van der Waals surface area contributed by atoms with Crippen molar-refractivity contribution in [2.45, 2.75) is 26.7 Å². The molecule has 0 saturated carbocycles. The molecule has 0 bridgehead atoms. The second-order valence-electron chi connectivity index (χ2n) is 5.90. The molecule has 0 N–H and O–H groups in total. The molecule has 3 rings (SSSR count). The molecular formula is C19H21N3O3. The Morgan fingerprint density at radius 3 is 2.64 bits per heavy atom. The Kier molecular flexibility index (Phi) is 5.28. The van der Waals surface area contributed by atoms with Crippen molar-refractivity contribution in [3.8, 4) is 11.6 Å². The molecule has 1 amide bonds. The monoisotopic (exact) mass is 339 g/mol. The van der Waals surface area contributed by atoms with Crippen LogP contribution in [0.15, 0.2) is 51.6 Å². The van der Waals surface area contributed by atoms with Crippen LogP contribution >= 0.6 is 0 Å². The van der Waals surface area contributed by atoms with Crippen molar-refractivity contribution in [2.24, 2.45) is 0 Å². The van der Waals surface area contributed by atoms with Gasteiger partial charge in [0.2, 0.25) is 11.7 Å². The molecule has 130 valence electrons. The van der Waals surface area contributed by atoms with E-state index in [1.54, 1.807) is 18.4 Å². The molecule has 0 aliphatic heterocycles. The van der Waals surface area contributed by atoms with Crippen molar-refractivity contribution >= 4 is 5.91 Å². The summed E-state index contributed by atoms with van der Waals surface area (Å²) >= 11 is 0. The quantitative estimate of drug-likeness (QED) is 0.656. The normalized spacial score (nSPS) is 10.8. The number of hydrogen-bond donors (Lipinski definition) is 0. The van der Waals surface area contributed by atoms with Gasteiger partial charge in [-0.1, -0.05) is 29.8 Å². The molecule has 2 heterocycles. The van der Waals surface area contributed by atoms with Gasteiger partial charge in [-0.05, 0) is 37.6 Å². The number of amides is 1. The minimum atomic E-state index is 0.0209. The summed E-state index contributed by atoms with van der Waals surface area (Å²) in [7, 11) is 0. The first-order chi connectivity index (χ1) is 12.2. The molecule has 0 spiro atoms. The first-order valence-electron chi connectivity index (χ1n) is 8.39. The van der Waals surface area contributed by atoms with Crippen molar-refractivity contribution in [3.63, 3.8) is 0 Å². The maximum Gasteiger partial charge on any atom is 0.253 e. The average molecular weight is 339 g/mol. The van der Waals surface area contributed by atoms with Crippen molar-refractivity contribution in [2.75, 3.05) is 13.1 Å². The number of furan rings is 1. The average Bonchev–Trinajstić information content (AvgIpc) is 3.30. The van der Waals surface area contributed by atoms with E-state index in [4.69, 9.17) is 8.94 Å². The van der Waals surface area contributed by atoms with E-state index in [2.05, 4.69) is 17.1 Å². The van der Waals surface area contributed by atoms with E-state index in [1.807, 2.05) is 36.1 Å². The van der Waals surface area contributed by atoms with Gasteiger partial charge in [0, 0.05) is 25.1 Å². The van der Waals surface area contributed by atoms with Crippen LogP contribution in [-0.2, 0) is 6.42 Å². The van der Waals surface area contributed by atoms with Gasteiger partial charge in [0.05, 0.1) is 6.26 Å². The lowest BCUT2D eigenvalue weighted by molar-refractivity contribution is 0.0754. The molecular weight excluding hydrogens is 318 g/mol. The topological polar surface area (TPSA) is 72.4 Å². The summed E-state index contributed by atoms with van der Waals surface area (Å²) in [6.07, 6.45) is 2.96. The number of aryl methyl sites for hydroxylation is 1. The van der Waals surface area contributed by atoms with E-state index in [1.165, 1.54) is 0 Å². The summed E-state index contributed by atoms with van der Waals surface area (Å²) in [6, 6.07) is 11.2. The largest absolute Gasteiger partial charge is 0.461 e. The van der Waals surface area contributed by atoms with E-state index < -0.39 is 0 Å². The molecule has 0 saturated heterocycles. The van der Waals surface area contributed by atoms with Crippen LogP contribution in [-0.4, -0.2) is 34.0 Å². The molecule has 1 aromatic carbocycles. The Hall–Kier alpha value is -2.89. The first-order valence-corrected chi connectivity index (χ1v) is 8.39. The summed E-state index contributed by atoms with van der Waals surface area (Å²) in [6.45, 7) is 5.27. The highest BCUT2D eigenvalue weighted by Gasteiger charge is 2.17. The maximum atomic E-state index is 12.7. The van der Waals surface area contributed by atoms with Crippen molar-refractivity contribution < 1.29 is 13.7 Å². The third kappa shape index (κ3) is 4.15. The fourth-order valence-electron chi connectivity index (χ4n) is 2.56. The Morgan fingerprint density at radius 2 is 1.96 bits per heavy atom. The van der Waals surface area contributed by atoms with E-state index in [0.717, 1.165) is 12.0 Å². The minimum Gasteiger partial charge on any atom is -0.461 e. The molecule has 25 heavy (non-hydrogen) atoms. The lowest BCUT2D eigenvalue weighted by Gasteiger charge is -2.21. The molecule has 2 aromatic heterocycles. The van der Waals surface area contributed by atoms with Gasteiger partial charge in [0.25, 0.3) is 5.91 Å². The number of carbonyl (C=O) groups excluding carboxylic acids is 1. The molecule has 0 aliphatic carbocycles. The summed E-state index contributed by atoms with van der Waals surface area (Å²) < 4.78 is 10.5. The zero-order valence-corrected chi connectivity index (χ0v) is 14.4. The summed E-state index contributed by atoms with van der Waals surface area (Å²) in [5.41, 5.74) is 1.83. The Balaban J connectivity index is 1.66. The highest BCUT2D eigenvalue weighted by molar-refractivity contribution is 5.94. The Labute approximate surface area is 146 Å². The lowest BCUT2D eigenvalue weighted by atomic mass is 10.1. The van der Waals surface area contributed by atoms with E-state index in [9.17, 15) is 4.79 Å². The van der Waals surface area contributed by atoms with E-state index in [-0.39, 0.29) is 5.91 Å². The highest BCUT2D eigenvalue weighted by atomic mass is 16.5. The third-order valence-electron chi connectivity index (χ3n) is 3.88. The number of nitrogens with zero attached hydrogens (tertiary/aromatic N) is 3. The minimum absolute atomic E-state index is 0.0209. The molecule has 0 radical (unpaired) electrons. The number of aromatic nitrogens is 2. The van der Waals surface area contributed by atoms with Gasteiger partial charge < -0.3 is 13.8 Å². The second kappa shape index (κ2) is 7.79. The van der Waals surface area contributed by atoms with Crippen LogP contribution in [0.25, 0.3) is 11.6 Å². The third-order valence-corrected chi connectivity index (χ3v) is 3.88. The molecule has 0 fully saturated rings. The van der Waals surface area contributed by atoms with Crippen molar-refractivity contribution in [1.82, 2.24) is 15.0 Å². The smallest absolute Gasteiger partial charge is 0.253 e. The lowest BCUT2D eigenvalue weighted by Crippen LogP contribution is -2.33. The predicted molar refractivity (Wildman–Crippen MR) is 93.1 cm³/mol. The van der Waals surface area contributed by atoms with Gasteiger partial charge in [0.15, 0.2) is 5.76 Å². The SMILES string of the molecule is CCCN(CCc1nc(-c2ccco2)no1)C(=O)c1ccc(C)cc1. The predicted octanol–water partition coefficient (Wildman–Crippen LogP) is 3.73. The van der Waals surface area contributed by atoms with Gasteiger partial charge in [-0.3, -0.25) is 4.79 Å². The molecule has 0 unspecified atom stereocenters. The summed E-state index contributed by atoms with van der Waals surface area (Å²) in [4.78, 5) is 18.8. The first kappa shape index (κ1) is 17.0. The molecule has 0 aliphatic rings. The van der Waals surface area contributed by atoms with Crippen LogP contribution in [0.5, 0.6) is 0 Å². The fourth-order valence-corrected chi connectivity index (χ4v) is 2.56. The van der Waals surface area contributed by atoms with Crippen LogP contribution in [0.1, 0.15) is 35.2 Å². The molecule has 0 atom stereocenters. The number of carbonyl (C=O) groups is 1. The van der Waals surface area contributed by atoms with Crippen LogP contribution in [0.2, 0.25) is 0 Å². The molecule has 6 nitrogen and oxygen atoms in total. The molecule has 6 heteroatoms. The standard InChI is InChI=1S/C19H21N3O3/c1-3-11-22(19(23)15-8-6-14(2)7-9-15)12-10-17-20-18(21-25-17)16-5-4-13-24-16/h4-9,13H,3,10-12H2,1-2H3. The highest BCUT2D eigenvalue weighted by Crippen LogP contribution is 2.16. The number of benzene rings is 1. The van der Waals surface area contributed by atoms with Gasteiger partial charge >= 0.3 is 0 Å². The number of hydrogen-bond acceptors (Lipinski definition) is 5. The van der Waals surface area contributed by atoms with Crippen molar-refractivity contribution in [1.29, 1.82) is 0 Å². The number of rotatable bonds is 7. The van der Waals surface area contributed by atoms with Gasteiger partial charge in [-0.25, -0.2) is 0 Å². The van der Waals surface area contributed by atoms with Crippen LogP contribution in [0, 0.1) is 6.92 Å². The Morgan fingerprint density at radius 1 is 1.16 bits per heavy atom. The van der Waals surface area contributed by atoms with E-state index in [0.29, 0.717) is 42.5 Å². The maximum absolute atomic E-state index is 12.7. The van der Waals surface area contributed by atoms with E-state index >= 15 is 0 Å². The van der Waals surface area contributed by atoms with Gasteiger partial charge in [0.1, 0.15) is 0 Å². The van der Waals surface area contributed by atoms with Crippen LogP contribution < -0.4 is 0 Å².